The van der Waals surface area contributed by atoms with Crippen LogP contribution in [0.25, 0.3) is 0 Å². The number of nitrogens with zero attached hydrogens (tertiary/aromatic N) is 2. The molecule has 1 heterocycles. The number of nitrogens with one attached hydrogen (secondary N) is 1. The van der Waals surface area contributed by atoms with Gasteiger partial charge in [-0.15, -0.1) is 0 Å². The summed E-state index contributed by atoms with van der Waals surface area (Å²) < 4.78 is 0. The van der Waals surface area contributed by atoms with Crippen LogP contribution in [0, 0.1) is 6.92 Å². The summed E-state index contributed by atoms with van der Waals surface area (Å²) in [5.41, 5.74) is 2.64. The predicted octanol–water partition coefficient (Wildman–Crippen LogP) is 4.96. The summed E-state index contributed by atoms with van der Waals surface area (Å²) in [6.45, 7) is 4.25. The van der Waals surface area contributed by atoms with E-state index < -0.39 is 5.91 Å². The van der Waals surface area contributed by atoms with E-state index in [9.17, 15) is 9.59 Å². The molecule has 0 radical (unpaired) electrons. The van der Waals surface area contributed by atoms with Crippen molar-refractivity contribution >= 4 is 34.8 Å². The quantitative estimate of drug-likeness (QED) is 0.666. The molecule has 6 heteroatoms. The van der Waals surface area contributed by atoms with Gasteiger partial charge >= 0.3 is 0 Å². The minimum atomic E-state index is -0.400. The van der Waals surface area contributed by atoms with Crippen LogP contribution >= 0.6 is 11.6 Å². The number of aryl methyl sites for hydroxylation is 1. The number of halogens is 1. The van der Waals surface area contributed by atoms with E-state index in [1.54, 1.807) is 35.2 Å². The van der Waals surface area contributed by atoms with Crippen molar-refractivity contribution in [3.8, 4) is 0 Å². The number of hydrogen-bond donors (Lipinski definition) is 1. The number of carbonyl (C=O) groups excluding carboxylic acids is 2. The molecular formula is C22H20ClN3O2. The Hall–Kier alpha value is -3.18. The number of para-hydroxylation sites is 1. The topological polar surface area (TPSA) is 62.3 Å². The molecule has 1 N–H and O–H groups in total. The van der Waals surface area contributed by atoms with Crippen molar-refractivity contribution in [1.82, 2.24) is 4.98 Å². The van der Waals surface area contributed by atoms with Crippen LogP contribution < -0.4 is 10.2 Å². The maximum Gasteiger partial charge on any atom is 0.276 e. The van der Waals surface area contributed by atoms with E-state index in [0.717, 1.165) is 11.3 Å². The second-order valence-corrected chi connectivity index (χ2v) is 6.64. The summed E-state index contributed by atoms with van der Waals surface area (Å²) >= 11 is 6.00. The lowest BCUT2D eigenvalue weighted by Gasteiger charge is -2.20. The first-order valence-corrected chi connectivity index (χ1v) is 9.29. The van der Waals surface area contributed by atoms with Crippen LogP contribution in [-0.2, 0) is 0 Å². The Balaban J connectivity index is 1.84. The van der Waals surface area contributed by atoms with Crippen molar-refractivity contribution in [2.75, 3.05) is 16.8 Å². The van der Waals surface area contributed by atoms with Gasteiger partial charge in [-0.25, -0.2) is 4.98 Å². The van der Waals surface area contributed by atoms with Crippen LogP contribution in [0.4, 0.5) is 11.4 Å². The van der Waals surface area contributed by atoms with Gasteiger partial charge < -0.3 is 10.2 Å². The summed E-state index contributed by atoms with van der Waals surface area (Å²) in [6.07, 6.45) is 0. The molecule has 1 aromatic heterocycles. The lowest BCUT2D eigenvalue weighted by Crippen LogP contribution is -2.31. The Morgan fingerprint density at radius 3 is 2.43 bits per heavy atom. The summed E-state index contributed by atoms with van der Waals surface area (Å²) in [4.78, 5) is 31.4. The Bertz CT molecular complexity index is 1010. The predicted molar refractivity (Wildman–Crippen MR) is 112 cm³/mol. The van der Waals surface area contributed by atoms with Gasteiger partial charge in [0.1, 0.15) is 11.4 Å². The van der Waals surface area contributed by atoms with E-state index in [1.165, 1.54) is 0 Å². The highest BCUT2D eigenvalue weighted by Crippen LogP contribution is 2.21. The Morgan fingerprint density at radius 1 is 1.00 bits per heavy atom. The second kappa shape index (κ2) is 8.67. The molecule has 0 aliphatic rings. The van der Waals surface area contributed by atoms with Crippen molar-refractivity contribution in [2.45, 2.75) is 13.8 Å². The molecule has 3 rings (SSSR count). The number of aromatic nitrogens is 1. The van der Waals surface area contributed by atoms with E-state index >= 15 is 0 Å². The van der Waals surface area contributed by atoms with Crippen molar-refractivity contribution in [3.05, 3.63) is 88.7 Å². The van der Waals surface area contributed by atoms with Crippen LogP contribution in [0.15, 0.2) is 66.7 Å². The van der Waals surface area contributed by atoms with Gasteiger partial charge in [0.2, 0.25) is 0 Å². The third kappa shape index (κ3) is 4.38. The first-order chi connectivity index (χ1) is 13.5. The Labute approximate surface area is 169 Å². The average molecular weight is 394 g/mol. The molecule has 142 valence electrons. The van der Waals surface area contributed by atoms with Gasteiger partial charge in [-0.2, -0.15) is 0 Å². The number of pyridine rings is 1. The zero-order valence-electron chi connectivity index (χ0n) is 15.6. The summed E-state index contributed by atoms with van der Waals surface area (Å²) in [6, 6.07) is 19.4. The van der Waals surface area contributed by atoms with E-state index in [2.05, 4.69) is 10.3 Å². The molecule has 0 bridgehead atoms. The fourth-order valence-electron chi connectivity index (χ4n) is 2.79. The van der Waals surface area contributed by atoms with E-state index in [0.29, 0.717) is 17.3 Å². The van der Waals surface area contributed by atoms with E-state index in [4.69, 9.17) is 11.6 Å². The summed E-state index contributed by atoms with van der Waals surface area (Å²) in [5.74, 6) is -0.662. The van der Waals surface area contributed by atoms with Crippen LogP contribution in [0.3, 0.4) is 0 Å². The highest BCUT2D eigenvalue weighted by atomic mass is 35.5. The number of rotatable bonds is 5. The lowest BCUT2D eigenvalue weighted by molar-refractivity contribution is 0.0983. The molecular weight excluding hydrogens is 374 g/mol. The fraction of sp³-hybridized carbons (Fsp3) is 0.136. The van der Waals surface area contributed by atoms with Crippen LogP contribution in [-0.4, -0.2) is 23.3 Å². The number of amides is 2. The normalized spacial score (nSPS) is 10.4. The smallest absolute Gasteiger partial charge is 0.276 e. The zero-order valence-corrected chi connectivity index (χ0v) is 16.4. The minimum Gasteiger partial charge on any atom is -0.320 e. The molecule has 0 fully saturated rings. The molecule has 5 nitrogen and oxygen atoms in total. The maximum atomic E-state index is 12.9. The maximum absolute atomic E-state index is 12.9. The van der Waals surface area contributed by atoms with Crippen LogP contribution in [0.2, 0.25) is 5.02 Å². The Kier molecular flexibility index (Phi) is 6.06. The molecule has 0 atom stereocenters. The van der Waals surface area contributed by atoms with Gasteiger partial charge in [-0.05, 0) is 55.8 Å². The standard InChI is InChI=1S/C22H20ClN3O2/c1-3-26(17-8-5-4-6-9-17)22(28)19-11-7-10-18(24-19)21(27)25-20-14-16(23)13-12-15(20)2/h4-14H,3H2,1-2H3,(H,25,27). The van der Waals surface area contributed by atoms with Crippen LogP contribution in [0.1, 0.15) is 33.5 Å². The second-order valence-electron chi connectivity index (χ2n) is 6.21. The number of hydrogen-bond acceptors (Lipinski definition) is 3. The minimum absolute atomic E-state index is 0.161. The van der Waals surface area contributed by atoms with Crippen molar-refractivity contribution in [2.24, 2.45) is 0 Å². The number of anilines is 2. The number of carbonyl (C=O) groups is 2. The number of benzene rings is 2. The van der Waals surface area contributed by atoms with E-state index in [1.807, 2.05) is 50.2 Å². The average Bonchev–Trinajstić information content (AvgIpc) is 2.72. The largest absolute Gasteiger partial charge is 0.320 e. The third-order valence-corrected chi connectivity index (χ3v) is 4.51. The molecule has 28 heavy (non-hydrogen) atoms. The lowest BCUT2D eigenvalue weighted by atomic mass is 10.2. The van der Waals surface area contributed by atoms with E-state index in [-0.39, 0.29) is 17.3 Å². The van der Waals surface area contributed by atoms with Gasteiger partial charge in [-0.3, -0.25) is 9.59 Å². The van der Waals surface area contributed by atoms with Crippen molar-refractivity contribution in [3.63, 3.8) is 0 Å². The van der Waals surface area contributed by atoms with Gasteiger partial charge in [0, 0.05) is 22.9 Å². The zero-order chi connectivity index (χ0) is 20.1. The summed E-state index contributed by atoms with van der Waals surface area (Å²) in [7, 11) is 0. The molecule has 0 spiro atoms. The highest BCUT2D eigenvalue weighted by molar-refractivity contribution is 6.31. The molecule has 0 saturated carbocycles. The third-order valence-electron chi connectivity index (χ3n) is 4.28. The molecule has 0 saturated heterocycles. The molecule has 2 aromatic carbocycles. The van der Waals surface area contributed by atoms with Crippen molar-refractivity contribution < 1.29 is 9.59 Å². The van der Waals surface area contributed by atoms with Crippen LogP contribution in [0.5, 0.6) is 0 Å². The van der Waals surface area contributed by atoms with Gasteiger partial charge in [0.15, 0.2) is 0 Å². The Morgan fingerprint density at radius 2 is 1.71 bits per heavy atom. The summed E-state index contributed by atoms with van der Waals surface area (Å²) in [5, 5.41) is 3.32. The van der Waals surface area contributed by atoms with Crippen molar-refractivity contribution in [1.29, 1.82) is 0 Å². The van der Waals surface area contributed by atoms with Gasteiger partial charge in [0.05, 0.1) is 0 Å². The SMILES string of the molecule is CCN(C(=O)c1cccc(C(=O)Nc2cc(Cl)ccc2C)n1)c1ccccc1. The monoisotopic (exact) mass is 393 g/mol. The van der Waals surface area contributed by atoms with Gasteiger partial charge in [-0.1, -0.05) is 41.9 Å². The fourth-order valence-corrected chi connectivity index (χ4v) is 2.96. The van der Waals surface area contributed by atoms with Gasteiger partial charge in [0.25, 0.3) is 11.8 Å². The first kappa shape index (κ1) is 19.6. The molecule has 0 aliphatic heterocycles. The highest BCUT2D eigenvalue weighted by Gasteiger charge is 2.19. The molecule has 0 aliphatic carbocycles. The first-order valence-electron chi connectivity index (χ1n) is 8.91. The molecule has 0 unspecified atom stereocenters. The molecule has 2 amide bonds. The molecule has 3 aromatic rings.